The molecule has 16 heavy (non-hydrogen) atoms. The third-order valence-electron chi connectivity index (χ3n) is 1.78. The molecule has 1 aromatic heterocycles. The molecule has 0 atom stereocenters. The zero-order valence-corrected chi connectivity index (χ0v) is 9.13. The number of anilines is 2. The summed E-state index contributed by atoms with van der Waals surface area (Å²) < 4.78 is 29.2. The number of aromatic nitrogens is 2. The SMILES string of the molecule is CCNc1ncnc(NCC(F)F)c1OC. The number of rotatable bonds is 6. The van der Waals surface area contributed by atoms with Gasteiger partial charge in [-0.25, -0.2) is 18.7 Å². The van der Waals surface area contributed by atoms with Crippen molar-refractivity contribution >= 4 is 11.6 Å². The highest BCUT2D eigenvalue weighted by Crippen LogP contribution is 2.28. The molecule has 1 aromatic rings. The van der Waals surface area contributed by atoms with Crippen LogP contribution in [0.15, 0.2) is 6.33 Å². The van der Waals surface area contributed by atoms with Crippen LogP contribution in [0.5, 0.6) is 5.75 Å². The van der Waals surface area contributed by atoms with Gasteiger partial charge in [0.25, 0.3) is 6.43 Å². The van der Waals surface area contributed by atoms with Crippen LogP contribution < -0.4 is 15.4 Å². The number of nitrogens with one attached hydrogen (secondary N) is 2. The fourth-order valence-corrected chi connectivity index (χ4v) is 1.16. The Morgan fingerprint density at radius 3 is 2.44 bits per heavy atom. The van der Waals surface area contributed by atoms with E-state index in [0.29, 0.717) is 18.1 Å². The molecular weight excluding hydrogens is 218 g/mol. The maximum absolute atomic E-state index is 12.0. The van der Waals surface area contributed by atoms with Crippen LogP contribution in [0.1, 0.15) is 6.92 Å². The number of hydrogen-bond acceptors (Lipinski definition) is 5. The summed E-state index contributed by atoms with van der Waals surface area (Å²) in [4.78, 5) is 7.80. The summed E-state index contributed by atoms with van der Waals surface area (Å²) in [6.45, 7) is 2.08. The summed E-state index contributed by atoms with van der Waals surface area (Å²) in [5.74, 6) is 1.08. The van der Waals surface area contributed by atoms with Crippen molar-refractivity contribution in [3.05, 3.63) is 6.33 Å². The average molecular weight is 232 g/mol. The van der Waals surface area contributed by atoms with Crippen molar-refractivity contribution in [3.63, 3.8) is 0 Å². The lowest BCUT2D eigenvalue weighted by molar-refractivity contribution is 0.163. The van der Waals surface area contributed by atoms with E-state index in [0.717, 1.165) is 0 Å². The van der Waals surface area contributed by atoms with E-state index >= 15 is 0 Å². The topological polar surface area (TPSA) is 59.1 Å². The second-order valence-electron chi connectivity index (χ2n) is 2.91. The van der Waals surface area contributed by atoms with E-state index in [1.807, 2.05) is 6.92 Å². The lowest BCUT2D eigenvalue weighted by Gasteiger charge is -2.13. The van der Waals surface area contributed by atoms with Crippen molar-refractivity contribution in [1.29, 1.82) is 0 Å². The predicted molar refractivity (Wildman–Crippen MR) is 57.2 cm³/mol. The third-order valence-corrected chi connectivity index (χ3v) is 1.78. The van der Waals surface area contributed by atoms with E-state index in [1.165, 1.54) is 13.4 Å². The molecule has 2 N–H and O–H groups in total. The van der Waals surface area contributed by atoms with E-state index < -0.39 is 13.0 Å². The smallest absolute Gasteiger partial charge is 0.255 e. The van der Waals surface area contributed by atoms with E-state index in [4.69, 9.17) is 4.74 Å². The zero-order valence-electron chi connectivity index (χ0n) is 9.13. The summed E-state index contributed by atoms with van der Waals surface area (Å²) in [5.41, 5.74) is 0. The highest BCUT2D eigenvalue weighted by Gasteiger charge is 2.12. The molecule has 5 nitrogen and oxygen atoms in total. The quantitative estimate of drug-likeness (QED) is 0.780. The second-order valence-corrected chi connectivity index (χ2v) is 2.91. The van der Waals surface area contributed by atoms with Gasteiger partial charge in [-0.3, -0.25) is 0 Å². The van der Waals surface area contributed by atoms with Crippen LogP contribution in [0.3, 0.4) is 0 Å². The van der Waals surface area contributed by atoms with Gasteiger partial charge in [-0.05, 0) is 6.92 Å². The van der Waals surface area contributed by atoms with Gasteiger partial charge in [-0.2, -0.15) is 0 Å². The van der Waals surface area contributed by atoms with Crippen LogP contribution in [0, 0.1) is 0 Å². The van der Waals surface area contributed by atoms with Gasteiger partial charge in [0.2, 0.25) is 5.75 Å². The molecule has 0 aliphatic rings. The molecule has 0 spiro atoms. The normalized spacial score (nSPS) is 10.3. The Bertz CT molecular complexity index is 335. The van der Waals surface area contributed by atoms with Crippen molar-refractivity contribution in [1.82, 2.24) is 9.97 Å². The molecular formula is C9H14F2N4O. The second kappa shape index (κ2) is 6.04. The molecule has 0 saturated heterocycles. The fraction of sp³-hybridized carbons (Fsp3) is 0.556. The number of hydrogen-bond donors (Lipinski definition) is 2. The summed E-state index contributed by atoms with van der Waals surface area (Å²) in [6, 6.07) is 0. The van der Waals surface area contributed by atoms with Crippen LogP contribution in [-0.4, -0.2) is 36.6 Å². The molecule has 0 fully saturated rings. The van der Waals surface area contributed by atoms with Crippen LogP contribution in [0.4, 0.5) is 20.4 Å². The fourth-order valence-electron chi connectivity index (χ4n) is 1.16. The first kappa shape index (κ1) is 12.4. The lowest BCUT2D eigenvalue weighted by atomic mass is 10.4. The number of halogens is 2. The van der Waals surface area contributed by atoms with Crippen LogP contribution >= 0.6 is 0 Å². The van der Waals surface area contributed by atoms with Crippen molar-refractivity contribution < 1.29 is 13.5 Å². The summed E-state index contributed by atoms with van der Waals surface area (Å²) in [7, 11) is 1.44. The van der Waals surface area contributed by atoms with Crippen molar-refractivity contribution in [2.75, 3.05) is 30.8 Å². The Kier molecular flexibility index (Phi) is 4.68. The first-order valence-electron chi connectivity index (χ1n) is 4.83. The van der Waals surface area contributed by atoms with E-state index in [1.54, 1.807) is 0 Å². The maximum Gasteiger partial charge on any atom is 0.255 e. The van der Waals surface area contributed by atoms with E-state index in [2.05, 4.69) is 20.6 Å². The van der Waals surface area contributed by atoms with Gasteiger partial charge < -0.3 is 15.4 Å². The molecule has 90 valence electrons. The first-order chi connectivity index (χ1) is 7.69. The van der Waals surface area contributed by atoms with Gasteiger partial charge in [-0.15, -0.1) is 0 Å². The largest absolute Gasteiger partial charge is 0.490 e. The number of nitrogens with zero attached hydrogens (tertiary/aromatic N) is 2. The molecule has 7 heteroatoms. The Hall–Kier alpha value is -1.66. The summed E-state index contributed by atoms with van der Waals surface area (Å²) in [5, 5.41) is 5.45. The minimum atomic E-state index is -2.44. The van der Waals surface area contributed by atoms with Crippen molar-refractivity contribution in [3.8, 4) is 5.75 Å². The Morgan fingerprint density at radius 1 is 1.31 bits per heavy atom. The number of methoxy groups -OCH3 is 1. The van der Waals surface area contributed by atoms with Gasteiger partial charge in [0.1, 0.15) is 6.33 Å². The standard InChI is InChI=1S/C9H14F2N4O/c1-3-12-8-7(16-2)9(15-5-14-8)13-4-6(10)11/h5-6H,3-4H2,1-2H3,(H2,12,13,14,15). The summed E-state index contributed by atoms with van der Waals surface area (Å²) in [6.07, 6.45) is -1.16. The van der Waals surface area contributed by atoms with Crippen molar-refractivity contribution in [2.45, 2.75) is 13.3 Å². The zero-order chi connectivity index (χ0) is 12.0. The van der Waals surface area contributed by atoms with Crippen LogP contribution in [0.2, 0.25) is 0 Å². The molecule has 0 unspecified atom stereocenters. The molecule has 1 rings (SSSR count). The molecule has 0 bridgehead atoms. The highest BCUT2D eigenvalue weighted by molar-refractivity contribution is 5.63. The maximum atomic E-state index is 12.0. The number of alkyl halides is 2. The third kappa shape index (κ3) is 3.18. The Labute approximate surface area is 92.2 Å². The van der Waals surface area contributed by atoms with Gasteiger partial charge in [0.15, 0.2) is 11.6 Å². The molecule has 0 radical (unpaired) electrons. The molecule has 1 heterocycles. The highest BCUT2D eigenvalue weighted by atomic mass is 19.3. The Balaban J connectivity index is 2.85. The van der Waals surface area contributed by atoms with Gasteiger partial charge in [0.05, 0.1) is 13.7 Å². The lowest BCUT2D eigenvalue weighted by Crippen LogP contribution is -2.13. The van der Waals surface area contributed by atoms with E-state index in [-0.39, 0.29) is 5.82 Å². The first-order valence-corrected chi connectivity index (χ1v) is 4.83. The van der Waals surface area contributed by atoms with E-state index in [9.17, 15) is 8.78 Å². The predicted octanol–water partition coefficient (Wildman–Crippen LogP) is 1.59. The van der Waals surface area contributed by atoms with Crippen molar-refractivity contribution in [2.24, 2.45) is 0 Å². The molecule has 0 aliphatic carbocycles. The summed E-state index contributed by atoms with van der Waals surface area (Å²) >= 11 is 0. The van der Waals surface area contributed by atoms with Gasteiger partial charge >= 0.3 is 0 Å². The molecule has 0 aromatic carbocycles. The van der Waals surface area contributed by atoms with Gasteiger partial charge in [-0.1, -0.05) is 0 Å². The van der Waals surface area contributed by atoms with Crippen LogP contribution in [0.25, 0.3) is 0 Å². The average Bonchev–Trinajstić information content (AvgIpc) is 2.27. The number of ether oxygens (including phenoxy) is 1. The molecule has 0 aliphatic heterocycles. The Morgan fingerprint density at radius 2 is 1.94 bits per heavy atom. The van der Waals surface area contributed by atoms with Crippen LogP contribution in [-0.2, 0) is 0 Å². The monoisotopic (exact) mass is 232 g/mol. The molecule has 0 saturated carbocycles. The van der Waals surface area contributed by atoms with Gasteiger partial charge in [0, 0.05) is 6.54 Å². The minimum Gasteiger partial charge on any atom is -0.490 e. The molecule has 0 amide bonds. The minimum absolute atomic E-state index is 0.258.